The second-order valence-corrected chi connectivity index (χ2v) is 7.68. The average molecular weight is 259 g/mol. The normalized spacial score (nSPS) is 19.8. The Morgan fingerprint density at radius 2 is 1.78 bits per heavy atom. The monoisotopic (exact) mass is 259 g/mol. The van der Waals surface area contributed by atoms with Gasteiger partial charge >= 0.3 is 0 Å². The molecule has 2 rings (SSSR count). The molecule has 0 fully saturated rings. The van der Waals surface area contributed by atoms with Crippen LogP contribution in [0, 0.1) is 5.92 Å². The Labute approximate surface area is 112 Å². The SMILES string of the molecule is CC1=CN(CC(C)C)P(c2ccccc2)C(C)=C1. The van der Waals surface area contributed by atoms with E-state index in [4.69, 9.17) is 0 Å². The first-order valence-electron chi connectivity index (χ1n) is 6.56. The zero-order chi connectivity index (χ0) is 13.1. The molecule has 0 spiro atoms. The third-order valence-corrected chi connectivity index (χ3v) is 5.31. The van der Waals surface area contributed by atoms with Crippen molar-refractivity contribution < 1.29 is 0 Å². The Morgan fingerprint density at radius 1 is 1.11 bits per heavy atom. The summed E-state index contributed by atoms with van der Waals surface area (Å²) in [7, 11) is -0.333. The van der Waals surface area contributed by atoms with Crippen LogP contribution in [0.3, 0.4) is 0 Å². The van der Waals surface area contributed by atoms with E-state index >= 15 is 0 Å². The van der Waals surface area contributed by atoms with Gasteiger partial charge in [-0.15, -0.1) is 0 Å². The fraction of sp³-hybridized carbons (Fsp3) is 0.375. The van der Waals surface area contributed by atoms with Crippen LogP contribution < -0.4 is 5.30 Å². The highest BCUT2D eigenvalue weighted by atomic mass is 31.1. The van der Waals surface area contributed by atoms with E-state index in [2.05, 4.69) is 75.0 Å². The van der Waals surface area contributed by atoms with Crippen molar-refractivity contribution in [1.29, 1.82) is 0 Å². The summed E-state index contributed by atoms with van der Waals surface area (Å²) in [5.74, 6) is 0.689. The van der Waals surface area contributed by atoms with Crippen LogP contribution in [0.1, 0.15) is 27.7 Å². The molecule has 1 heterocycles. The first kappa shape index (κ1) is 13.4. The zero-order valence-electron chi connectivity index (χ0n) is 11.7. The molecule has 0 aromatic heterocycles. The highest BCUT2D eigenvalue weighted by Crippen LogP contribution is 2.50. The lowest BCUT2D eigenvalue weighted by Gasteiger charge is -2.36. The zero-order valence-corrected chi connectivity index (χ0v) is 12.6. The van der Waals surface area contributed by atoms with Crippen molar-refractivity contribution in [3.05, 3.63) is 53.5 Å². The van der Waals surface area contributed by atoms with E-state index in [1.807, 2.05) is 0 Å². The second kappa shape index (κ2) is 5.71. The molecule has 0 radical (unpaired) electrons. The van der Waals surface area contributed by atoms with E-state index in [1.165, 1.54) is 16.2 Å². The molecule has 2 heteroatoms. The number of nitrogens with zero attached hydrogens (tertiary/aromatic N) is 1. The number of hydrogen-bond donors (Lipinski definition) is 0. The summed E-state index contributed by atoms with van der Waals surface area (Å²) in [5, 5.41) is 2.95. The van der Waals surface area contributed by atoms with Gasteiger partial charge < -0.3 is 4.67 Å². The molecule has 96 valence electrons. The molecule has 0 N–H and O–H groups in total. The quantitative estimate of drug-likeness (QED) is 0.723. The van der Waals surface area contributed by atoms with Gasteiger partial charge in [0.15, 0.2) is 0 Å². The van der Waals surface area contributed by atoms with Gasteiger partial charge in [-0.1, -0.05) is 50.3 Å². The van der Waals surface area contributed by atoms with Crippen molar-refractivity contribution in [3.63, 3.8) is 0 Å². The van der Waals surface area contributed by atoms with Crippen LogP contribution >= 0.6 is 8.07 Å². The molecular formula is C16H22NP. The summed E-state index contributed by atoms with van der Waals surface area (Å²) in [5.41, 5.74) is 1.36. The van der Waals surface area contributed by atoms with Crippen molar-refractivity contribution in [2.45, 2.75) is 27.7 Å². The predicted octanol–water partition coefficient (Wildman–Crippen LogP) is 4.49. The summed E-state index contributed by atoms with van der Waals surface area (Å²) in [6, 6.07) is 10.9. The molecule has 1 aliphatic heterocycles. The van der Waals surface area contributed by atoms with Crippen LogP contribution in [0.25, 0.3) is 0 Å². The fourth-order valence-electron chi connectivity index (χ4n) is 2.35. The van der Waals surface area contributed by atoms with Gasteiger partial charge in [0, 0.05) is 18.0 Å². The van der Waals surface area contributed by atoms with E-state index in [-0.39, 0.29) is 8.07 Å². The van der Waals surface area contributed by atoms with Gasteiger partial charge in [0.25, 0.3) is 0 Å². The fourth-order valence-corrected chi connectivity index (χ4v) is 5.03. The van der Waals surface area contributed by atoms with E-state index in [0.29, 0.717) is 5.92 Å². The molecule has 0 amide bonds. The Morgan fingerprint density at radius 3 is 2.39 bits per heavy atom. The average Bonchev–Trinajstić information content (AvgIpc) is 2.28. The van der Waals surface area contributed by atoms with Crippen LogP contribution in [-0.4, -0.2) is 11.2 Å². The van der Waals surface area contributed by atoms with Crippen LogP contribution in [0.2, 0.25) is 0 Å². The Kier molecular flexibility index (Phi) is 4.24. The maximum absolute atomic E-state index is 2.54. The molecule has 0 saturated heterocycles. The van der Waals surface area contributed by atoms with Crippen molar-refractivity contribution in [2.24, 2.45) is 5.92 Å². The summed E-state index contributed by atoms with van der Waals surface area (Å²) in [6.45, 7) is 10.2. The first-order valence-corrected chi connectivity index (χ1v) is 7.86. The standard InChI is InChI=1S/C16H22NP/c1-13(2)11-17-12-14(3)10-15(4)18(17)16-8-6-5-7-9-16/h5-10,12-13H,11H2,1-4H3. The van der Waals surface area contributed by atoms with E-state index in [1.54, 1.807) is 0 Å². The van der Waals surface area contributed by atoms with Gasteiger partial charge in [-0.05, 0) is 30.7 Å². The van der Waals surface area contributed by atoms with Crippen molar-refractivity contribution in [2.75, 3.05) is 6.54 Å². The van der Waals surface area contributed by atoms with Crippen LogP contribution in [-0.2, 0) is 0 Å². The lowest BCUT2D eigenvalue weighted by atomic mass is 10.2. The Balaban J connectivity index is 2.33. The molecule has 1 aromatic carbocycles. The van der Waals surface area contributed by atoms with E-state index < -0.39 is 0 Å². The molecule has 1 nitrogen and oxygen atoms in total. The maximum Gasteiger partial charge on any atom is 0.0500 e. The first-order chi connectivity index (χ1) is 8.58. The summed E-state index contributed by atoms with van der Waals surface area (Å²) in [4.78, 5) is 0. The Bertz CT molecular complexity index is 459. The lowest BCUT2D eigenvalue weighted by molar-refractivity contribution is 0.486. The van der Waals surface area contributed by atoms with Crippen molar-refractivity contribution in [1.82, 2.24) is 4.67 Å². The number of benzene rings is 1. The predicted molar refractivity (Wildman–Crippen MR) is 82.1 cm³/mol. The highest BCUT2D eigenvalue weighted by molar-refractivity contribution is 7.67. The maximum atomic E-state index is 2.54. The largest absolute Gasteiger partial charge is 0.349 e. The van der Waals surface area contributed by atoms with Gasteiger partial charge in [-0.3, -0.25) is 0 Å². The van der Waals surface area contributed by atoms with Gasteiger partial charge in [-0.2, -0.15) is 0 Å². The van der Waals surface area contributed by atoms with Crippen molar-refractivity contribution >= 4 is 13.4 Å². The topological polar surface area (TPSA) is 3.24 Å². The van der Waals surface area contributed by atoms with Crippen LogP contribution in [0.5, 0.6) is 0 Å². The number of allylic oxidation sites excluding steroid dienone is 3. The molecule has 1 atom stereocenters. The number of hydrogen-bond acceptors (Lipinski definition) is 1. The van der Waals surface area contributed by atoms with Gasteiger partial charge in [-0.25, -0.2) is 0 Å². The lowest BCUT2D eigenvalue weighted by Crippen LogP contribution is -2.24. The summed E-state index contributed by atoms with van der Waals surface area (Å²) in [6.07, 6.45) is 4.65. The Hall–Kier alpha value is -1.07. The van der Waals surface area contributed by atoms with E-state index in [0.717, 1.165) is 6.54 Å². The van der Waals surface area contributed by atoms with Crippen molar-refractivity contribution in [3.8, 4) is 0 Å². The third-order valence-electron chi connectivity index (χ3n) is 2.93. The smallest absolute Gasteiger partial charge is 0.0500 e. The highest BCUT2D eigenvalue weighted by Gasteiger charge is 2.23. The second-order valence-electron chi connectivity index (χ2n) is 5.32. The van der Waals surface area contributed by atoms with Gasteiger partial charge in [0.05, 0.1) is 8.07 Å². The third kappa shape index (κ3) is 3.03. The van der Waals surface area contributed by atoms with Crippen LogP contribution in [0.15, 0.2) is 53.5 Å². The summed E-state index contributed by atoms with van der Waals surface area (Å²) >= 11 is 0. The minimum Gasteiger partial charge on any atom is -0.349 e. The molecule has 1 unspecified atom stereocenters. The molecular weight excluding hydrogens is 237 g/mol. The van der Waals surface area contributed by atoms with E-state index in [9.17, 15) is 0 Å². The molecule has 18 heavy (non-hydrogen) atoms. The minimum absolute atomic E-state index is 0.333. The molecule has 0 saturated carbocycles. The van der Waals surface area contributed by atoms with Gasteiger partial charge in [0.1, 0.15) is 0 Å². The number of rotatable bonds is 3. The van der Waals surface area contributed by atoms with Crippen LogP contribution in [0.4, 0.5) is 0 Å². The molecule has 1 aromatic rings. The molecule has 0 bridgehead atoms. The molecule has 0 aliphatic carbocycles. The summed E-state index contributed by atoms with van der Waals surface area (Å²) < 4.78 is 2.54. The van der Waals surface area contributed by atoms with Gasteiger partial charge in [0.2, 0.25) is 0 Å². The molecule has 1 aliphatic rings. The minimum atomic E-state index is -0.333.